The van der Waals surface area contributed by atoms with Gasteiger partial charge in [-0.05, 0) is 0 Å². The van der Waals surface area contributed by atoms with Gasteiger partial charge in [0, 0.05) is 6.42 Å². The molecule has 0 unspecified atom stereocenters. The molecule has 0 aliphatic carbocycles. The lowest BCUT2D eigenvalue weighted by atomic mass is 10.4. The molecule has 3 N–H and O–H groups in total. The zero-order valence-electron chi connectivity index (χ0n) is 5.87. The zero-order valence-corrected chi connectivity index (χ0v) is 6.69. The van der Waals surface area contributed by atoms with Crippen LogP contribution in [0.1, 0.15) is 11.3 Å². The largest absolute Gasteiger partial charge is 0.395 e. The van der Waals surface area contributed by atoms with E-state index in [1.807, 2.05) is 0 Å². The van der Waals surface area contributed by atoms with Gasteiger partial charge in [-0.25, -0.2) is 4.98 Å². The summed E-state index contributed by atoms with van der Waals surface area (Å²) in [5.41, 5.74) is 5.37. The molecule has 1 aromatic rings. The minimum absolute atomic E-state index is 0.0985. The number of nitrogens with zero attached hydrogens (tertiary/aromatic N) is 1. The number of hydrogen-bond acceptors (Lipinski definition) is 4. The summed E-state index contributed by atoms with van der Waals surface area (Å²) in [4.78, 5) is 4.67. The van der Waals surface area contributed by atoms with Crippen LogP contribution in [0.4, 0.5) is 5.13 Å². The Labute approximate surface area is 68.9 Å². The van der Waals surface area contributed by atoms with E-state index in [0.717, 1.165) is 4.88 Å². The first-order valence-corrected chi connectivity index (χ1v) is 3.95. The lowest BCUT2D eigenvalue weighted by Gasteiger charge is -1.77. The van der Waals surface area contributed by atoms with Gasteiger partial charge in [0.15, 0.2) is 5.13 Å². The van der Waals surface area contributed by atoms with Crippen molar-refractivity contribution < 1.29 is 5.11 Å². The number of hydrogen-bond donors (Lipinski definition) is 2. The minimum atomic E-state index is 0.0985. The van der Waals surface area contributed by atoms with E-state index in [0.29, 0.717) is 11.6 Å². The van der Waals surface area contributed by atoms with Crippen molar-refractivity contribution in [2.45, 2.75) is 6.42 Å². The summed E-state index contributed by atoms with van der Waals surface area (Å²) < 4.78 is 0. The number of anilines is 1. The molecule has 0 bridgehead atoms. The average Bonchev–Trinajstić information content (AvgIpc) is 2.37. The van der Waals surface area contributed by atoms with Gasteiger partial charge in [0.05, 0.1) is 17.7 Å². The van der Waals surface area contributed by atoms with Crippen molar-refractivity contribution in [3.63, 3.8) is 0 Å². The Bertz CT molecular complexity index is 284. The maximum atomic E-state index is 8.41. The highest BCUT2D eigenvalue weighted by Gasteiger charge is 1.91. The summed E-state index contributed by atoms with van der Waals surface area (Å²) in [6.45, 7) is 0.0985. The third-order valence-electron chi connectivity index (χ3n) is 0.972. The first-order valence-electron chi connectivity index (χ1n) is 3.14. The number of aromatic nitrogens is 1. The van der Waals surface area contributed by atoms with Gasteiger partial charge in [0.1, 0.15) is 0 Å². The van der Waals surface area contributed by atoms with Crippen molar-refractivity contribution in [2.24, 2.45) is 0 Å². The SMILES string of the molecule is Nc1ncc(C#CCCO)s1. The van der Waals surface area contributed by atoms with Gasteiger partial charge in [-0.15, -0.1) is 0 Å². The Morgan fingerprint density at radius 2 is 2.55 bits per heavy atom. The second kappa shape index (κ2) is 3.96. The molecule has 0 radical (unpaired) electrons. The fourth-order valence-corrected chi connectivity index (χ4v) is 1.11. The van der Waals surface area contributed by atoms with Crippen LogP contribution < -0.4 is 5.73 Å². The van der Waals surface area contributed by atoms with Crippen LogP contribution in [0.15, 0.2) is 6.20 Å². The van der Waals surface area contributed by atoms with Gasteiger partial charge in [-0.2, -0.15) is 0 Å². The molecule has 4 heteroatoms. The molecule has 0 aliphatic rings. The standard InChI is InChI=1S/C7H8N2OS/c8-7-9-5-6(11-7)3-1-2-4-10/h5,10H,2,4H2,(H2,8,9). The number of aliphatic hydroxyl groups excluding tert-OH is 1. The fraction of sp³-hybridized carbons (Fsp3) is 0.286. The molecule has 1 aromatic heterocycles. The van der Waals surface area contributed by atoms with Crippen LogP contribution in [0, 0.1) is 11.8 Å². The zero-order chi connectivity index (χ0) is 8.10. The molecule has 0 atom stereocenters. The highest BCUT2D eigenvalue weighted by atomic mass is 32.1. The summed E-state index contributed by atoms with van der Waals surface area (Å²) in [5, 5.41) is 8.94. The Morgan fingerprint density at radius 3 is 3.09 bits per heavy atom. The van der Waals surface area contributed by atoms with Crippen LogP contribution in [0.2, 0.25) is 0 Å². The Hall–Kier alpha value is -1.05. The predicted molar refractivity (Wildman–Crippen MR) is 45.1 cm³/mol. The summed E-state index contributed by atoms with van der Waals surface area (Å²) in [6.07, 6.45) is 2.13. The molecule has 58 valence electrons. The number of aliphatic hydroxyl groups is 1. The molecule has 1 heterocycles. The van der Waals surface area contributed by atoms with E-state index in [1.54, 1.807) is 6.20 Å². The Balaban J connectivity index is 2.59. The van der Waals surface area contributed by atoms with Crippen LogP contribution in [-0.2, 0) is 0 Å². The summed E-state index contributed by atoms with van der Waals surface area (Å²) >= 11 is 1.35. The molecule has 1 rings (SSSR count). The first-order chi connectivity index (χ1) is 5.33. The molecule has 0 saturated carbocycles. The van der Waals surface area contributed by atoms with Crippen LogP contribution in [0.25, 0.3) is 0 Å². The fourth-order valence-electron chi connectivity index (χ4n) is 0.551. The van der Waals surface area contributed by atoms with E-state index >= 15 is 0 Å². The maximum absolute atomic E-state index is 8.41. The van der Waals surface area contributed by atoms with Gasteiger partial charge in [0.25, 0.3) is 0 Å². The molecule has 0 aromatic carbocycles. The predicted octanol–water partition coefficient (Wildman–Crippen LogP) is 0.459. The molecule has 11 heavy (non-hydrogen) atoms. The highest BCUT2D eigenvalue weighted by Crippen LogP contribution is 2.12. The normalized spacial score (nSPS) is 8.82. The van der Waals surface area contributed by atoms with Gasteiger partial charge < -0.3 is 10.8 Å². The lowest BCUT2D eigenvalue weighted by Crippen LogP contribution is -1.77. The van der Waals surface area contributed by atoms with Gasteiger partial charge >= 0.3 is 0 Å². The van der Waals surface area contributed by atoms with Crippen molar-refractivity contribution in [1.29, 1.82) is 0 Å². The smallest absolute Gasteiger partial charge is 0.181 e. The van der Waals surface area contributed by atoms with Crippen LogP contribution >= 0.6 is 11.3 Å². The van der Waals surface area contributed by atoms with Crippen molar-refractivity contribution in [2.75, 3.05) is 12.3 Å². The Kier molecular flexibility index (Phi) is 2.90. The lowest BCUT2D eigenvalue weighted by molar-refractivity contribution is 0.305. The summed E-state index contributed by atoms with van der Waals surface area (Å²) in [6, 6.07) is 0. The molecule has 3 nitrogen and oxygen atoms in total. The van der Waals surface area contributed by atoms with Gasteiger partial charge in [0.2, 0.25) is 0 Å². The van der Waals surface area contributed by atoms with E-state index in [2.05, 4.69) is 16.8 Å². The molecule has 0 spiro atoms. The maximum Gasteiger partial charge on any atom is 0.181 e. The van der Waals surface area contributed by atoms with E-state index in [-0.39, 0.29) is 6.61 Å². The minimum Gasteiger partial charge on any atom is -0.395 e. The molecule has 0 aliphatic heterocycles. The number of rotatable bonds is 1. The van der Waals surface area contributed by atoms with Crippen LogP contribution in [0.3, 0.4) is 0 Å². The van der Waals surface area contributed by atoms with Gasteiger partial charge in [-0.3, -0.25) is 0 Å². The molecule has 0 fully saturated rings. The average molecular weight is 168 g/mol. The number of nitrogens with two attached hydrogens (primary N) is 1. The van der Waals surface area contributed by atoms with E-state index in [1.165, 1.54) is 11.3 Å². The van der Waals surface area contributed by atoms with Crippen LogP contribution in [0.5, 0.6) is 0 Å². The highest BCUT2D eigenvalue weighted by molar-refractivity contribution is 7.15. The summed E-state index contributed by atoms with van der Waals surface area (Å²) in [5.74, 6) is 5.61. The first kappa shape index (κ1) is 8.05. The molecule has 0 saturated heterocycles. The topological polar surface area (TPSA) is 59.1 Å². The van der Waals surface area contributed by atoms with E-state index in [4.69, 9.17) is 10.8 Å². The van der Waals surface area contributed by atoms with Crippen molar-refractivity contribution >= 4 is 16.5 Å². The quantitative estimate of drug-likeness (QED) is 0.599. The molecular weight excluding hydrogens is 160 g/mol. The third kappa shape index (κ3) is 2.58. The molecular formula is C7H8N2OS. The van der Waals surface area contributed by atoms with E-state index < -0.39 is 0 Å². The number of thiazole rings is 1. The Morgan fingerprint density at radius 1 is 1.73 bits per heavy atom. The second-order valence-electron chi connectivity index (χ2n) is 1.84. The van der Waals surface area contributed by atoms with Crippen molar-refractivity contribution in [1.82, 2.24) is 4.98 Å². The van der Waals surface area contributed by atoms with Crippen LogP contribution in [-0.4, -0.2) is 16.7 Å². The monoisotopic (exact) mass is 168 g/mol. The van der Waals surface area contributed by atoms with E-state index in [9.17, 15) is 0 Å². The second-order valence-corrected chi connectivity index (χ2v) is 2.90. The number of nitrogen functional groups attached to an aromatic ring is 1. The summed E-state index contributed by atoms with van der Waals surface area (Å²) in [7, 11) is 0. The van der Waals surface area contributed by atoms with Crippen molar-refractivity contribution in [3.8, 4) is 11.8 Å². The van der Waals surface area contributed by atoms with Crippen molar-refractivity contribution in [3.05, 3.63) is 11.1 Å². The molecule has 0 amide bonds. The van der Waals surface area contributed by atoms with Gasteiger partial charge in [-0.1, -0.05) is 23.2 Å². The third-order valence-corrected chi connectivity index (χ3v) is 1.71.